The molecule has 0 spiro atoms. The van der Waals surface area contributed by atoms with Crippen molar-refractivity contribution in [1.29, 1.82) is 0 Å². The van der Waals surface area contributed by atoms with E-state index in [0.717, 1.165) is 17.9 Å². The van der Waals surface area contributed by atoms with Crippen LogP contribution in [-0.2, 0) is 4.74 Å². The molecule has 0 aliphatic heterocycles. The van der Waals surface area contributed by atoms with Crippen molar-refractivity contribution in [3.63, 3.8) is 0 Å². The van der Waals surface area contributed by atoms with E-state index in [1.807, 2.05) is 60.7 Å². The van der Waals surface area contributed by atoms with Gasteiger partial charge >= 0.3 is 6.48 Å². The van der Waals surface area contributed by atoms with Gasteiger partial charge in [0.05, 0.1) is 6.61 Å². The van der Waals surface area contributed by atoms with E-state index in [1.165, 1.54) is 57.8 Å². The van der Waals surface area contributed by atoms with Crippen LogP contribution in [0, 0.1) is 0 Å². The van der Waals surface area contributed by atoms with E-state index in [0.29, 0.717) is 6.61 Å². The number of hydrogen-bond donors (Lipinski definition) is 0. The smallest absolute Gasteiger partial charge is 0.360 e. The minimum Gasteiger partial charge on any atom is -0.432 e. The highest BCUT2D eigenvalue weighted by molar-refractivity contribution is 5.22. The van der Waals surface area contributed by atoms with Crippen LogP contribution in [0.5, 0.6) is 11.5 Å². The third-order valence-electron chi connectivity index (χ3n) is 4.70. The quantitative estimate of drug-likeness (QED) is 0.223. The largest absolute Gasteiger partial charge is 0.432 e. The molecule has 0 atom stereocenters. The van der Waals surface area contributed by atoms with Crippen molar-refractivity contribution in [3.05, 3.63) is 60.7 Å². The monoisotopic (exact) mass is 384 g/mol. The molecular formula is C25H36O3. The summed E-state index contributed by atoms with van der Waals surface area (Å²) in [5, 5.41) is 0. The fourth-order valence-electron chi connectivity index (χ4n) is 3.08. The number of benzene rings is 2. The minimum atomic E-state index is -0.733. The lowest BCUT2D eigenvalue weighted by molar-refractivity contribution is -0.199. The predicted octanol–water partition coefficient (Wildman–Crippen LogP) is 7.37. The first-order chi connectivity index (χ1) is 13.9. The topological polar surface area (TPSA) is 27.7 Å². The SMILES string of the molecule is CCCCCCCCCCCCOC(Oc1ccccc1)Oc1ccccc1. The second-order valence-electron chi connectivity index (χ2n) is 7.20. The molecule has 0 aliphatic rings. The Bertz CT molecular complexity index is 544. The van der Waals surface area contributed by atoms with Crippen molar-refractivity contribution in [2.45, 2.75) is 77.6 Å². The standard InChI is InChI=1S/C25H36O3/c1-2-3-4-5-6-7-8-9-10-17-22-26-25(27-23-18-13-11-14-19-23)28-24-20-15-12-16-21-24/h11-16,18-21,25H,2-10,17,22H2,1H3. The number of para-hydroxylation sites is 2. The van der Waals surface area contributed by atoms with Gasteiger partial charge in [0.25, 0.3) is 0 Å². The molecule has 0 saturated heterocycles. The van der Waals surface area contributed by atoms with Gasteiger partial charge in [0.2, 0.25) is 0 Å². The average Bonchev–Trinajstić information content (AvgIpc) is 2.73. The molecular weight excluding hydrogens is 348 g/mol. The molecule has 0 radical (unpaired) electrons. The van der Waals surface area contributed by atoms with E-state index < -0.39 is 6.48 Å². The number of ether oxygens (including phenoxy) is 3. The van der Waals surface area contributed by atoms with E-state index in [9.17, 15) is 0 Å². The van der Waals surface area contributed by atoms with Crippen molar-refractivity contribution in [1.82, 2.24) is 0 Å². The molecule has 3 nitrogen and oxygen atoms in total. The van der Waals surface area contributed by atoms with E-state index in [1.54, 1.807) is 0 Å². The van der Waals surface area contributed by atoms with Crippen LogP contribution >= 0.6 is 0 Å². The molecule has 0 aliphatic carbocycles. The first kappa shape index (κ1) is 22.3. The molecule has 0 fully saturated rings. The van der Waals surface area contributed by atoms with Gasteiger partial charge in [0.1, 0.15) is 11.5 Å². The van der Waals surface area contributed by atoms with E-state index in [2.05, 4.69) is 6.92 Å². The third-order valence-corrected chi connectivity index (χ3v) is 4.70. The maximum atomic E-state index is 5.88. The van der Waals surface area contributed by atoms with Crippen molar-refractivity contribution >= 4 is 0 Å². The number of unbranched alkanes of at least 4 members (excludes halogenated alkanes) is 9. The van der Waals surface area contributed by atoms with Gasteiger partial charge in [-0.15, -0.1) is 0 Å². The molecule has 0 N–H and O–H groups in total. The molecule has 0 heterocycles. The summed E-state index contributed by atoms with van der Waals surface area (Å²) < 4.78 is 17.6. The third kappa shape index (κ3) is 10.4. The predicted molar refractivity (Wildman–Crippen MR) is 116 cm³/mol. The van der Waals surface area contributed by atoms with Gasteiger partial charge in [0, 0.05) is 0 Å². The molecule has 28 heavy (non-hydrogen) atoms. The van der Waals surface area contributed by atoms with Crippen LogP contribution < -0.4 is 9.47 Å². The van der Waals surface area contributed by atoms with E-state index in [4.69, 9.17) is 14.2 Å². The fraction of sp³-hybridized carbons (Fsp3) is 0.520. The fourth-order valence-corrected chi connectivity index (χ4v) is 3.08. The van der Waals surface area contributed by atoms with Gasteiger partial charge in [-0.1, -0.05) is 101 Å². The first-order valence-electron chi connectivity index (χ1n) is 10.9. The Morgan fingerprint density at radius 3 is 1.46 bits per heavy atom. The van der Waals surface area contributed by atoms with Gasteiger partial charge in [-0.05, 0) is 30.7 Å². The molecule has 0 bridgehead atoms. The maximum absolute atomic E-state index is 5.88. The average molecular weight is 385 g/mol. The van der Waals surface area contributed by atoms with Crippen molar-refractivity contribution < 1.29 is 14.2 Å². The molecule has 3 heteroatoms. The Hall–Kier alpha value is -2.00. The Kier molecular flexibility index (Phi) is 11.9. The summed E-state index contributed by atoms with van der Waals surface area (Å²) in [5.41, 5.74) is 0. The molecule has 0 aromatic heterocycles. The van der Waals surface area contributed by atoms with Crippen molar-refractivity contribution in [2.24, 2.45) is 0 Å². The molecule has 2 rings (SSSR count). The van der Waals surface area contributed by atoms with Crippen LogP contribution in [0.4, 0.5) is 0 Å². The Balaban J connectivity index is 1.62. The van der Waals surface area contributed by atoms with Crippen LogP contribution in [0.15, 0.2) is 60.7 Å². The van der Waals surface area contributed by atoms with Crippen LogP contribution in [0.3, 0.4) is 0 Å². The zero-order valence-electron chi connectivity index (χ0n) is 17.4. The molecule has 0 unspecified atom stereocenters. The van der Waals surface area contributed by atoms with Gasteiger partial charge in [-0.3, -0.25) is 0 Å². The zero-order chi connectivity index (χ0) is 19.7. The van der Waals surface area contributed by atoms with Crippen LogP contribution in [0.2, 0.25) is 0 Å². The number of rotatable bonds is 16. The summed E-state index contributed by atoms with van der Waals surface area (Å²) in [4.78, 5) is 0. The summed E-state index contributed by atoms with van der Waals surface area (Å²) in [5.74, 6) is 1.48. The Morgan fingerprint density at radius 2 is 1.00 bits per heavy atom. The summed E-state index contributed by atoms with van der Waals surface area (Å²) in [7, 11) is 0. The van der Waals surface area contributed by atoms with Crippen molar-refractivity contribution in [3.8, 4) is 11.5 Å². The normalized spacial score (nSPS) is 10.9. The molecule has 154 valence electrons. The number of hydrogen-bond acceptors (Lipinski definition) is 3. The van der Waals surface area contributed by atoms with Crippen LogP contribution in [0.25, 0.3) is 0 Å². The summed E-state index contributed by atoms with van der Waals surface area (Å²) in [6.07, 6.45) is 13.1. The first-order valence-corrected chi connectivity index (χ1v) is 10.9. The lowest BCUT2D eigenvalue weighted by atomic mass is 10.1. The Morgan fingerprint density at radius 1 is 0.571 bits per heavy atom. The second-order valence-corrected chi connectivity index (χ2v) is 7.20. The van der Waals surface area contributed by atoms with E-state index >= 15 is 0 Å². The highest BCUT2D eigenvalue weighted by atomic mass is 16.8. The molecule has 0 amide bonds. The Labute approximate surface area is 171 Å². The summed E-state index contributed by atoms with van der Waals surface area (Å²) >= 11 is 0. The van der Waals surface area contributed by atoms with Gasteiger partial charge in [-0.25, -0.2) is 0 Å². The van der Waals surface area contributed by atoms with Crippen LogP contribution in [0.1, 0.15) is 71.1 Å². The highest BCUT2D eigenvalue weighted by Crippen LogP contribution is 2.17. The van der Waals surface area contributed by atoms with Gasteiger partial charge in [-0.2, -0.15) is 0 Å². The lowest BCUT2D eigenvalue weighted by Gasteiger charge is -2.20. The summed E-state index contributed by atoms with van der Waals surface area (Å²) in [6.45, 7) is 2.17. The van der Waals surface area contributed by atoms with Gasteiger partial charge in [0.15, 0.2) is 0 Å². The maximum Gasteiger partial charge on any atom is 0.360 e. The van der Waals surface area contributed by atoms with E-state index in [-0.39, 0.29) is 0 Å². The summed E-state index contributed by atoms with van der Waals surface area (Å²) in [6, 6.07) is 19.3. The van der Waals surface area contributed by atoms with Crippen molar-refractivity contribution in [2.75, 3.05) is 6.61 Å². The lowest BCUT2D eigenvalue weighted by Crippen LogP contribution is -2.28. The molecule has 2 aromatic rings. The zero-order valence-corrected chi connectivity index (χ0v) is 17.4. The van der Waals surface area contributed by atoms with Crippen LogP contribution in [-0.4, -0.2) is 13.1 Å². The molecule has 0 saturated carbocycles. The highest BCUT2D eigenvalue weighted by Gasteiger charge is 2.13. The second kappa shape index (κ2) is 15.0. The molecule has 2 aromatic carbocycles. The van der Waals surface area contributed by atoms with Gasteiger partial charge < -0.3 is 14.2 Å². The minimum absolute atomic E-state index is 0.640.